The van der Waals surface area contributed by atoms with E-state index in [1.807, 2.05) is 0 Å². The number of hydrogen-bond acceptors (Lipinski definition) is 6. The predicted molar refractivity (Wildman–Crippen MR) is 259 cm³/mol. The third-order valence-electron chi connectivity index (χ3n) is 10.9. The maximum absolute atomic E-state index is 5.42. The number of thiazole rings is 2. The van der Waals surface area contributed by atoms with Gasteiger partial charge in [0.25, 0.3) is 0 Å². The van der Waals surface area contributed by atoms with E-state index in [9.17, 15) is 0 Å². The van der Waals surface area contributed by atoms with E-state index in [4.69, 9.17) is 9.97 Å². The fraction of sp³-hybridized carbons (Fsp3) is 0.222. The molecule has 0 aliphatic carbocycles. The van der Waals surface area contributed by atoms with E-state index >= 15 is 0 Å². The molecule has 6 aromatic carbocycles. The van der Waals surface area contributed by atoms with Gasteiger partial charge in [0, 0.05) is 34.1 Å². The molecule has 2 heterocycles. The number of aromatic nitrogens is 2. The van der Waals surface area contributed by atoms with Crippen LogP contribution in [-0.4, -0.2) is 9.97 Å². The molecule has 60 heavy (non-hydrogen) atoms. The van der Waals surface area contributed by atoms with Crippen LogP contribution in [0.1, 0.15) is 76.6 Å². The van der Waals surface area contributed by atoms with Crippen LogP contribution < -0.4 is 9.80 Å². The Kier molecular flexibility index (Phi) is 13.9. The van der Waals surface area contributed by atoms with Crippen molar-refractivity contribution in [1.29, 1.82) is 0 Å². The first-order valence-corrected chi connectivity index (χ1v) is 23.3. The summed E-state index contributed by atoms with van der Waals surface area (Å²) in [6.07, 6.45) is 11.6. The van der Waals surface area contributed by atoms with Gasteiger partial charge in [-0.15, -0.1) is 22.7 Å². The maximum Gasteiger partial charge on any atom is 0.153 e. The zero-order chi connectivity index (χ0) is 40.9. The molecule has 2 aromatic heterocycles. The van der Waals surface area contributed by atoms with Crippen LogP contribution in [0.15, 0.2) is 170 Å². The van der Waals surface area contributed by atoms with Gasteiger partial charge in [-0.1, -0.05) is 149 Å². The van der Waals surface area contributed by atoms with E-state index in [2.05, 4.69) is 194 Å². The molecule has 6 heteroatoms. The summed E-state index contributed by atoms with van der Waals surface area (Å²) in [4.78, 5) is 18.0. The Hall–Kier alpha value is -5.82. The van der Waals surface area contributed by atoms with Crippen molar-refractivity contribution >= 4 is 56.8 Å². The second kappa shape index (κ2) is 20.4. The average Bonchev–Trinajstić information content (AvgIpc) is 3.94. The first-order chi connectivity index (χ1) is 29.7. The number of benzene rings is 6. The molecule has 0 fully saturated rings. The molecule has 0 amide bonds. The highest BCUT2D eigenvalue weighted by Gasteiger charge is 2.22. The van der Waals surface area contributed by atoms with E-state index in [0.717, 1.165) is 69.8 Å². The van der Waals surface area contributed by atoms with Gasteiger partial charge in [0.05, 0.1) is 21.1 Å². The molecule has 0 unspecified atom stereocenters. The van der Waals surface area contributed by atoms with Gasteiger partial charge >= 0.3 is 0 Å². The molecule has 4 nitrogen and oxygen atoms in total. The molecule has 0 saturated carbocycles. The predicted octanol–water partition coefficient (Wildman–Crippen LogP) is 16.8. The highest BCUT2D eigenvalue weighted by atomic mass is 32.1. The van der Waals surface area contributed by atoms with E-state index in [-0.39, 0.29) is 0 Å². The largest absolute Gasteiger partial charge is 0.311 e. The van der Waals surface area contributed by atoms with Crippen LogP contribution in [0, 0.1) is 0 Å². The third-order valence-corrected chi connectivity index (χ3v) is 13.4. The summed E-state index contributed by atoms with van der Waals surface area (Å²) in [5.41, 5.74) is 11.6. The number of nitrogens with zero attached hydrogens (tertiary/aromatic N) is 4. The minimum Gasteiger partial charge on any atom is -0.311 e. The Balaban J connectivity index is 1.14. The van der Waals surface area contributed by atoms with Gasteiger partial charge < -0.3 is 9.80 Å². The molecule has 0 bridgehead atoms. The van der Waals surface area contributed by atoms with E-state index in [0.29, 0.717) is 0 Å². The van der Waals surface area contributed by atoms with Crippen molar-refractivity contribution in [2.75, 3.05) is 9.80 Å². The van der Waals surface area contributed by atoms with Crippen molar-refractivity contribution in [3.63, 3.8) is 0 Å². The summed E-state index contributed by atoms with van der Waals surface area (Å²) in [6, 6.07) is 60.6. The summed E-state index contributed by atoms with van der Waals surface area (Å²) in [6.45, 7) is 4.55. The van der Waals surface area contributed by atoms with E-state index in [1.54, 1.807) is 22.7 Å². The maximum atomic E-state index is 5.42. The molecule has 0 aliphatic rings. The second-order valence-electron chi connectivity index (χ2n) is 15.3. The monoisotopic (exact) mass is 822 g/mol. The molecular formula is C54H54N4S2. The molecule has 0 N–H and O–H groups in total. The summed E-state index contributed by atoms with van der Waals surface area (Å²) in [5, 5.41) is 2.05. The highest BCUT2D eigenvalue weighted by Crippen LogP contribution is 2.44. The topological polar surface area (TPSA) is 32.3 Å². The summed E-state index contributed by atoms with van der Waals surface area (Å²) < 4.78 is 0. The van der Waals surface area contributed by atoms with Crippen LogP contribution in [0.3, 0.4) is 0 Å². The van der Waals surface area contributed by atoms with Crippen LogP contribution in [0.2, 0.25) is 0 Å². The standard InChI is InChI=1S/C54H54N4S2/c1-3-5-7-21-31-49-51(41-33-37-47(38-34-41)57(43-23-13-9-14-24-43)44-25-15-10-16-26-44)59-53(55-49)54-56-50(32-22-8-6-4-2)52(60-54)42-35-39-48(40-36-42)58(45-27-17-11-18-28-45)46-29-19-12-20-30-46/h9-20,23-30,33-40H,3-8,21-22,31-32H2,1-2H3. The van der Waals surface area contributed by atoms with Gasteiger partial charge in [0.1, 0.15) is 0 Å². The van der Waals surface area contributed by atoms with Crippen molar-refractivity contribution in [3.05, 3.63) is 181 Å². The zero-order valence-electron chi connectivity index (χ0n) is 34.8. The molecular weight excluding hydrogens is 769 g/mol. The Morgan fingerprint density at radius 1 is 0.350 bits per heavy atom. The normalized spacial score (nSPS) is 11.2. The third kappa shape index (κ3) is 9.79. The fourth-order valence-electron chi connectivity index (χ4n) is 7.84. The van der Waals surface area contributed by atoms with Gasteiger partial charge in [-0.05, 0) is 110 Å². The molecule has 0 spiro atoms. The number of anilines is 6. The Morgan fingerprint density at radius 2 is 0.650 bits per heavy atom. The minimum atomic E-state index is 0.969. The summed E-state index contributed by atoms with van der Waals surface area (Å²) in [7, 11) is 0. The molecule has 0 radical (unpaired) electrons. The molecule has 0 atom stereocenters. The van der Waals surface area contributed by atoms with E-state index < -0.39 is 0 Å². The number of unbranched alkanes of at least 4 members (excludes halogenated alkanes) is 6. The van der Waals surface area contributed by atoms with Crippen LogP contribution in [0.25, 0.3) is 30.9 Å². The van der Waals surface area contributed by atoms with Gasteiger partial charge in [-0.2, -0.15) is 0 Å². The van der Waals surface area contributed by atoms with Gasteiger partial charge in [-0.3, -0.25) is 0 Å². The quantitative estimate of drug-likeness (QED) is 0.0761. The average molecular weight is 823 g/mol. The van der Waals surface area contributed by atoms with Gasteiger partial charge in [-0.25, -0.2) is 9.97 Å². The number of para-hydroxylation sites is 4. The lowest BCUT2D eigenvalue weighted by molar-refractivity contribution is 0.662. The Morgan fingerprint density at radius 3 is 0.950 bits per heavy atom. The van der Waals surface area contributed by atoms with Crippen molar-refractivity contribution < 1.29 is 0 Å². The lowest BCUT2D eigenvalue weighted by atomic mass is 10.1. The first kappa shape index (κ1) is 40.9. The smallest absolute Gasteiger partial charge is 0.153 e. The number of hydrogen-bond donors (Lipinski definition) is 0. The van der Waals surface area contributed by atoms with Crippen molar-refractivity contribution in [3.8, 4) is 30.9 Å². The van der Waals surface area contributed by atoms with Crippen LogP contribution >= 0.6 is 22.7 Å². The van der Waals surface area contributed by atoms with Crippen molar-refractivity contribution in [1.82, 2.24) is 9.97 Å². The zero-order valence-corrected chi connectivity index (χ0v) is 36.5. The Bertz CT molecular complexity index is 2240. The highest BCUT2D eigenvalue weighted by molar-refractivity contribution is 7.24. The molecule has 0 aliphatic heterocycles. The summed E-state index contributed by atoms with van der Waals surface area (Å²) >= 11 is 3.61. The van der Waals surface area contributed by atoms with Crippen LogP contribution in [0.5, 0.6) is 0 Å². The van der Waals surface area contributed by atoms with Gasteiger partial charge in [0.15, 0.2) is 10.0 Å². The number of rotatable bonds is 19. The number of aryl methyl sites for hydroxylation is 2. The van der Waals surface area contributed by atoms with Crippen LogP contribution in [0.4, 0.5) is 34.1 Å². The minimum absolute atomic E-state index is 0.969. The van der Waals surface area contributed by atoms with Gasteiger partial charge in [0.2, 0.25) is 0 Å². The SMILES string of the molecule is CCCCCCc1nc(-c2nc(CCCCCC)c(-c3ccc(N(c4ccccc4)c4ccccc4)cc3)s2)sc1-c1ccc(N(c2ccccc2)c2ccccc2)cc1. The Labute approximate surface area is 364 Å². The van der Waals surface area contributed by atoms with E-state index in [1.165, 1.54) is 70.8 Å². The molecule has 302 valence electrons. The second-order valence-corrected chi connectivity index (χ2v) is 17.3. The molecule has 8 rings (SSSR count). The van der Waals surface area contributed by atoms with Crippen LogP contribution in [-0.2, 0) is 12.8 Å². The fourth-order valence-corrected chi connectivity index (χ4v) is 10.1. The molecule has 8 aromatic rings. The lowest BCUT2D eigenvalue weighted by Crippen LogP contribution is -2.09. The van der Waals surface area contributed by atoms with Crippen molar-refractivity contribution in [2.45, 2.75) is 78.1 Å². The molecule has 0 saturated heterocycles. The lowest BCUT2D eigenvalue weighted by Gasteiger charge is -2.25. The summed E-state index contributed by atoms with van der Waals surface area (Å²) in [5.74, 6) is 0. The van der Waals surface area contributed by atoms with Crippen molar-refractivity contribution in [2.24, 2.45) is 0 Å². The first-order valence-electron chi connectivity index (χ1n) is 21.7.